The second kappa shape index (κ2) is 8.50. The summed E-state index contributed by atoms with van der Waals surface area (Å²) >= 11 is 0. The van der Waals surface area contributed by atoms with E-state index in [-0.39, 0.29) is 11.1 Å². The number of hydrogen-bond donors (Lipinski definition) is 4. The molecule has 0 rings (SSSR count). The molecule has 0 atom stereocenters. The van der Waals surface area contributed by atoms with Crippen LogP contribution >= 0.6 is 0 Å². The van der Waals surface area contributed by atoms with E-state index in [0.717, 1.165) is 0 Å². The van der Waals surface area contributed by atoms with Gasteiger partial charge in [-0.3, -0.25) is 0 Å². The Bertz CT molecular complexity index is 376. The summed E-state index contributed by atoms with van der Waals surface area (Å²) < 4.78 is 0. The van der Waals surface area contributed by atoms with Gasteiger partial charge >= 0.3 is 23.9 Å². The minimum atomic E-state index is -1.24. The average molecular weight is 260 g/mol. The van der Waals surface area contributed by atoms with Gasteiger partial charge in [0.1, 0.15) is 0 Å². The molecule has 18 heavy (non-hydrogen) atoms. The number of carboxylic acid groups (broad SMARTS) is 4. The highest BCUT2D eigenvalue weighted by molar-refractivity contribution is 5.94. The van der Waals surface area contributed by atoms with Gasteiger partial charge in [-0.15, -0.1) is 0 Å². The Balaban J connectivity index is 0. The number of carbonyl (C=O) groups is 4. The van der Waals surface area contributed by atoms with E-state index in [2.05, 4.69) is 0 Å². The molecule has 0 saturated carbocycles. The second-order valence-electron chi connectivity index (χ2n) is 2.94. The zero-order valence-electron chi connectivity index (χ0n) is 9.58. The highest BCUT2D eigenvalue weighted by atomic mass is 16.4. The Labute approximate surface area is 101 Å². The van der Waals surface area contributed by atoms with Gasteiger partial charge in [-0.2, -0.15) is 0 Å². The molecule has 0 unspecified atom stereocenters. The van der Waals surface area contributed by atoms with Crippen LogP contribution in [0, 0.1) is 0 Å². The molecule has 0 saturated heterocycles. The summed E-state index contributed by atoms with van der Waals surface area (Å²) in [6.45, 7) is 2.44. The Morgan fingerprint density at radius 1 is 0.667 bits per heavy atom. The van der Waals surface area contributed by atoms with Crippen LogP contribution in [0.5, 0.6) is 0 Å². The zero-order valence-corrected chi connectivity index (χ0v) is 9.58. The molecule has 0 heterocycles. The maximum atomic E-state index is 9.90. The van der Waals surface area contributed by atoms with Gasteiger partial charge in [0.15, 0.2) is 0 Å². The summed E-state index contributed by atoms with van der Waals surface area (Å²) in [5.41, 5.74) is -0.356. The largest absolute Gasteiger partial charge is 0.478 e. The normalized spacial score (nSPS) is 11.0. The van der Waals surface area contributed by atoms with E-state index in [1.54, 1.807) is 0 Å². The van der Waals surface area contributed by atoms with Crippen molar-refractivity contribution in [1.29, 1.82) is 0 Å². The first kappa shape index (κ1) is 17.7. The Morgan fingerprint density at radius 2 is 0.889 bits per heavy atom. The van der Waals surface area contributed by atoms with Crippen LogP contribution < -0.4 is 0 Å². The fourth-order valence-corrected chi connectivity index (χ4v) is 0.494. The zero-order chi connectivity index (χ0) is 14.9. The van der Waals surface area contributed by atoms with Crippen LogP contribution in [0.25, 0.3) is 0 Å². The summed E-state index contributed by atoms with van der Waals surface area (Å²) in [4.78, 5) is 39.4. The van der Waals surface area contributed by atoms with Crippen LogP contribution in [0.4, 0.5) is 0 Å². The van der Waals surface area contributed by atoms with E-state index in [9.17, 15) is 19.2 Å². The molecule has 0 amide bonds. The third-order valence-corrected chi connectivity index (χ3v) is 1.35. The topological polar surface area (TPSA) is 149 Å². The van der Waals surface area contributed by atoms with Gasteiger partial charge in [0.05, 0.1) is 0 Å². The molecular weight excluding hydrogens is 248 g/mol. The van der Waals surface area contributed by atoms with Crippen LogP contribution in [-0.4, -0.2) is 44.3 Å². The van der Waals surface area contributed by atoms with Gasteiger partial charge in [0, 0.05) is 23.3 Å². The van der Waals surface area contributed by atoms with Crippen LogP contribution in [0.15, 0.2) is 23.3 Å². The molecule has 0 fully saturated rings. The quantitative estimate of drug-likeness (QED) is 0.523. The molecule has 100 valence electrons. The smallest absolute Gasteiger partial charge is 0.331 e. The second-order valence-corrected chi connectivity index (χ2v) is 2.94. The minimum Gasteiger partial charge on any atom is -0.478 e. The molecule has 0 aliphatic rings. The Kier molecular flexibility index (Phi) is 8.38. The van der Waals surface area contributed by atoms with Crippen molar-refractivity contribution in [3.8, 4) is 0 Å². The van der Waals surface area contributed by atoms with Crippen molar-refractivity contribution >= 4 is 23.9 Å². The van der Waals surface area contributed by atoms with Crippen molar-refractivity contribution in [3.63, 3.8) is 0 Å². The molecule has 4 N–H and O–H groups in total. The summed E-state index contributed by atoms with van der Waals surface area (Å²) in [5, 5.41) is 32.2. The lowest BCUT2D eigenvalue weighted by Gasteiger charge is -1.86. The van der Waals surface area contributed by atoms with E-state index in [0.29, 0.717) is 12.2 Å². The minimum absolute atomic E-state index is 0.178. The van der Waals surface area contributed by atoms with Crippen molar-refractivity contribution in [2.75, 3.05) is 0 Å². The molecule has 0 aliphatic heterocycles. The predicted octanol–water partition coefficient (Wildman–Crippen LogP) is 0.204. The first-order chi connectivity index (χ1) is 8.07. The van der Waals surface area contributed by atoms with E-state index >= 15 is 0 Å². The van der Waals surface area contributed by atoms with Crippen LogP contribution in [0.2, 0.25) is 0 Å². The lowest BCUT2D eigenvalue weighted by atomic mass is 10.3. The van der Waals surface area contributed by atoms with E-state index < -0.39 is 23.9 Å². The summed E-state index contributed by atoms with van der Waals surface area (Å²) in [5.74, 6) is -4.90. The Morgan fingerprint density at radius 3 is 0.944 bits per heavy atom. The third-order valence-electron chi connectivity index (χ3n) is 1.35. The van der Waals surface area contributed by atoms with Crippen molar-refractivity contribution in [3.05, 3.63) is 23.3 Å². The van der Waals surface area contributed by atoms with E-state index in [1.807, 2.05) is 0 Å². The van der Waals surface area contributed by atoms with Crippen molar-refractivity contribution < 1.29 is 39.6 Å². The summed E-state index contributed by atoms with van der Waals surface area (Å²) in [6.07, 6.45) is 1.28. The maximum absolute atomic E-state index is 9.90. The lowest BCUT2D eigenvalue weighted by Crippen LogP contribution is -1.99. The molecule has 0 spiro atoms. The van der Waals surface area contributed by atoms with Gasteiger partial charge in [-0.05, 0) is 13.8 Å². The highest BCUT2D eigenvalue weighted by Gasteiger charge is 2.01. The highest BCUT2D eigenvalue weighted by Crippen LogP contribution is 1.90. The monoisotopic (exact) mass is 260 g/mol. The van der Waals surface area contributed by atoms with Crippen molar-refractivity contribution in [1.82, 2.24) is 0 Å². The predicted molar refractivity (Wildman–Crippen MR) is 58.1 cm³/mol. The van der Waals surface area contributed by atoms with E-state index in [1.165, 1.54) is 13.8 Å². The van der Waals surface area contributed by atoms with Gasteiger partial charge in [-0.1, -0.05) is 0 Å². The fraction of sp³-hybridized carbons (Fsp3) is 0.200. The molecule has 0 bridgehead atoms. The number of aliphatic carboxylic acids is 4. The summed E-state index contributed by atoms with van der Waals surface area (Å²) in [6, 6.07) is 0. The van der Waals surface area contributed by atoms with Crippen LogP contribution in [-0.2, 0) is 19.2 Å². The third kappa shape index (κ3) is 11.4. The molecule has 0 aromatic heterocycles. The van der Waals surface area contributed by atoms with Gasteiger partial charge in [0.25, 0.3) is 0 Å². The number of carboxylic acids is 4. The lowest BCUT2D eigenvalue weighted by molar-refractivity contribution is -0.135. The van der Waals surface area contributed by atoms with Crippen molar-refractivity contribution in [2.45, 2.75) is 13.8 Å². The fourth-order valence-electron chi connectivity index (χ4n) is 0.494. The van der Waals surface area contributed by atoms with Gasteiger partial charge < -0.3 is 20.4 Å². The molecular formula is C10H12O8. The van der Waals surface area contributed by atoms with E-state index in [4.69, 9.17) is 20.4 Å². The first-order valence-corrected chi connectivity index (χ1v) is 4.37. The first-order valence-electron chi connectivity index (χ1n) is 4.37. The molecule has 0 radical (unpaired) electrons. The SMILES string of the molecule is C/C(=C/C(=O)O)C(=O)O.C/C(=C\C(=O)O)C(=O)O. The van der Waals surface area contributed by atoms with Crippen LogP contribution in [0.3, 0.4) is 0 Å². The Hall–Kier alpha value is -2.64. The summed E-state index contributed by atoms with van der Waals surface area (Å²) in [7, 11) is 0. The van der Waals surface area contributed by atoms with Gasteiger partial charge in [-0.25, -0.2) is 19.2 Å². The molecule has 8 nitrogen and oxygen atoms in total. The standard InChI is InChI=1S/2C5H6O4/c2*1-3(5(8)9)2-4(6)7/h2*2H,1H3,(H,6,7)(H,8,9)/b3-2+;3-2-. The average Bonchev–Trinajstić information content (AvgIpc) is 2.16. The number of hydrogen-bond acceptors (Lipinski definition) is 4. The van der Waals surface area contributed by atoms with Crippen LogP contribution in [0.1, 0.15) is 13.8 Å². The number of rotatable bonds is 4. The molecule has 0 aromatic rings. The molecule has 0 aliphatic carbocycles. The maximum Gasteiger partial charge on any atom is 0.331 e. The van der Waals surface area contributed by atoms with Crippen molar-refractivity contribution in [2.24, 2.45) is 0 Å². The van der Waals surface area contributed by atoms with Gasteiger partial charge in [0.2, 0.25) is 0 Å². The molecule has 0 aromatic carbocycles. The molecule has 8 heteroatoms.